The van der Waals surface area contributed by atoms with Crippen molar-refractivity contribution in [1.29, 1.82) is 0 Å². The molecule has 2 aromatic carbocycles. The fourth-order valence-electron chi connectivity index (χ4n) is 5.17. The Morgan fingerprint density at radius 1 is 1.03 bits per heavy atom. The minimum Gasteiger partial charge on any atom is -0.349 e. The van der Waals surface area contributed by atoms with Crippen LogP contribution in [0.2, 0.25) is 0 Å². The lowest BCUT2D eigenvalue weighted by Gasteiger charge is -2.27. The van der Waals surface area contributed by atoms with Gasteiger partial charge in [0.2, 0.25) is 0 Å². The van der Waals surface area contributed by atoms with Crippen molar-refractivity contribution in [3.63, 3.8) is 0 Å². The molecule has 6 heteroatoms. The quantitative estimate of drug-likeness (QED) is 0.295. The molecule has 1 saturated carbocycles. The lowest BCUT2D eigenvalue weighted by atomic mass is 10.1. The number of rotatable bonds is 8. The standard InChI is InChI=1S/C30H32FN5/c1-22-7-8-25(28(31)17-22)20-36(26-9-10-26)30-27-13-16-35(29(27)32-21-33-30)19-24-11-14-34(15-12-24)18-23-5-3-2-4-6-23/h2-8,11,13,16-17,21,26H,9-10,12,14-15,18-20H2,1H3. The minimum atomic E-state index is -0.144. The number of anilines is 1. The van der Waals surface area contributed by atoms with Crippen LogP contribution in [0.15, 0.2) is 78.8 Å². The van der Waals surface area contributed by atoms with Crippen molar-refractivity contribution >= 4 is 16.9 Å². The van der Waals surface area contributed by atoms with E-state index < -0.39 is 0 Å². The summed E-state index contributed by atoms with van der Waals surface area (Å²) in [6.45, 7) is 6.32. The van der Waals surface area contributed by atoms with Crippen LogP contribution in [0.1, 0.15) is 36.0 Å². The van der Waals surface area contributed by atoms with Gasteiger partial charge in [0.1, 0.15) is 23.6 Å². The van der Waals surface area contributed by atoms with Gasteiger partial charge in [-0.2, -0.15) is 0 Å². The lowest BCUT2D eigenvalue weighted by molar-refractivity contribution is 0.283. The van der Waals surface area contributed by atoms with Gasteiger partial charge in [0.15, 0.2) is 0 Å². The maximum atomic E-state index is 14.7. The van der Waals surface area contributed by atoms with Crippen molar-refractivity contribution in [3.05, 3.63) is 101 Å². The first-order valence-corrected chi connectivity index (χ1v) is 12.9. The first-order chi connectivity index (χ1) is 17.6. The number of aryl methyl sites for hydroxylation is 1. The van der Waals surface area contributed by atoms with E-state index in [1.54, 1.807) is 12.4 Å². The Kier molecular flexibility index (Phi) is 6.28. The molecule has 0 N–H and O–H groups in total. The van der Waals surface area contributed by atoms with Crippen molar-refractivity contribution in [2.75, 3.05) is 18.0 Å². The molecule has 0 atom stereocenters. The summed E-state index contributed by atoms with van der Waals surface area (Å²) in [4.78, 5) is 14.1. The molecular formula is C30H32FN5. The summed E-state index contributed by atoms with van der Waals surface area (Å²) in [6.07, 6.45) is 9.45. The van der Waals surface area contributed by atoms with Gasteiger partial charge in [-0.25, -0.2) is 14.4 Å². The normalized spacial score (nSPS) is 16.3. The summed E-state index contributed by atoms with van der Waals surface area (Å²) >= 11 is 0. The fourth-order valence-corrected chi connectivity index (χ4v) is 5.17. The Morgan fingerprint density at radius 3 is 2.64 bits per heavy atom. The van der Waals surface area contributed by atoms with Gasteiger partial charge in [-0.15, -0.1) is 0 Å². The first-order valence-electron chi connectivity index (χ1n) is 12.9. The third-order valence-electron chi connectivity index (χ3n) is 7.35. The molecule has 4 aromatic rings. The van der Waals surface area contributed by atoms with Crippen LogP contribution in [0.3, 0.4) is 0 Å². The first kappa shape index (κ1) is 22.9. The molecule has 1 aliphatic heterocycles. The molecule has 5 nitrogen and oxygen atoms in total. The van der Waals surface area contributed by atoms with Gasteiger partial charge >= 0.3 is 0 Å². The van der Waals surface area contributed by atoms with Crippen molar-refractivity contribution in [2.24, 2.45) is 0 Å². The molecule has 0 bridgehead atoms. The Hall–Kier alpha value is -3.51. The second-order valence-corrected chi connectivity index (χ2v) is 10.2. The van der Waals surface area contributed by atoms with Gasteiger partial charge in [0.25, 0.3) is 0 Å². The molecule has 6 rings (SSSR count). The van der Waals surface area contributed by atoms with E-state index in [0.29, 0.717) is 18.2 Å². The van der Waals surface area contributed by atoms with E-state index >= 15 is 0 Å². The van der Waals surface area contributed by atoms with Gasteiger partial charge in [0, 0.05) is 50.5 Å². The monoisotopic (exact) mass is 481 g/mol. The molecule has 2 aliphatic rings. The molecule has 0 saturated heterocycles. The molecule has 1 fully saturated rings. The molecule has 0 amide bonds. The van der Waals surface area contributed by atoms with Crippen LogP contribution in [-0.4, -0.2) is 38.6 Å². The van der Waals surface area contributed by atoms with Crippen LogP contribution in [0.5, 0.6) is 0 Å². The van der Waals surface area contributed by atoms with Crippen LogP contribution in [0, 0.1) is 12.7 Å². The van der Waals surface area contributed by atoms with Crippen LogP contribution < -0.4 is 4.90 Å². The van der Waals surface area contributed by atoms with Crippen LogP contribution in [-0.2, 0) is 19.6 Å². The zero-order valence-electron chi connectivity index (χ0n) is 20.8. The lowest BCUT2D eigenvalue weighted by Crippen LogP contribution is -2.29. The SMILES string of the molecule is Cc1ccc(CN(c2ncnc3c2ccn3CC2=CCN(Cc3ccccc3)CC2)C2CC2)c(F)c1. The molecule has 2 aromatic heterocycles. The highest BCUT2D eigenvalue weighted by atomic mass is 19.1. The average molecular weight is 482 g/mol. The number of hydrogen-bond acceptors (Lipinski definition) is 4. The fraction of sp³-hybridized carbons (Fsp3) is 0.333. The molecule has 36 heavy (non-hydrogen) atoms. The van der Waals surface area contributed by atoms with Gasteiger partial charge in [-0.3, -0.25) is 4.90 Å². The number of nitrogens with zero attached hydrogens (tertiary/aromatic N) is 5. The predicted molar refractivity (Wildman–Crippen MR) is 142 cm³/mol. The van der Waals surface area contributed by atoms with Crippen molar-refractivity contribution < 1.29 is 4.39 Å². The molecule has 1 aliphatic carbocycles. The van der Waals surface area contributed by atoms with Crippen LogP contribution >= 0.6 is 0 Å². The molecule has 0 spiro atoms. The minimum absolute atomic E-state index is 0.144. The molecule has 0 radical (unpaired) electrons. The van der Waals surface area contributed by atoms with E-state index in [1.807, 2.05) is 19.1 Å². The largest absolute Gasteiger partial charge is 0.349 e. The topological polar surface area (TPSA) is 37.2 Å². The highest BCUT2D eigenvalue weighted by Gasteiger charge is 2.32. The number of hydrogen-bond donors (Lipinski definition) is 0. The van der Waals surface area contributed by atoms with Crippen molar-refractivity contribution in [3.8, 4) is 0 Å². The predicted octanol–water partition coefficient (Wildman–Crippen LogP) is 5.88. The van der Waals surface area contributed by atoms with Crippen LogP contribution in [0.25, 0.3) is 11.0 Å². The maximum Gasteiger partial charge on any atom is 0.145 e. The summed E-state index contributed by atoms with van der Waals surface area (Å²) < 4.78 is 16.9. The summed E-state index contributed by atoms with van der Waals surface area (Å²) in [6, 6.07) is 18.7. The van der Waals surface area contributed by atoms with E-state index in [0.717, 1.165) is 67.9 Å². The summed E-state index contributed by atoms with van der Waals surface area (Å²) in [7, 11) is 0. The van der Waals surface area contributed by atoms with Gasteiger partial charge in [-0.1, -0.05) is 54.1 Å². The highest BCUT2D eigenvalue weighted by molar-refractivity contribution is 5.88. The van der Waals surface area contributed by atoms with E-state index in [1.165, 1.54) is 11.1 Å². The highest BCUT2D eigenvalue weighted by Crippen LogP contribution is 2.36. The number of fused-ring (bicyclic) bond motifs is 1. The smallest absolute Gasteiger partial charge is 0.145 e. The average Bonchev–Trinajstić information content (AvgIpc) is 3.66. The molecule has 0 unspecified atom stereocenters. The Balaban J connectivity index is 1.20. The summed E-state index contributed by atoms with van der Waals surface area (Å²) in [5, 5.41) is 1.04. The number of halogens is 1. The van der Waals surface area contributed by atoms with Crippen molar-refractivity contribution in [2.45, 2.75) is 51.9 Å². The number of aromatic nitrogens is 3. The zero-order chi connectivity index (χ0) is 24.5. The van der Waals surface area contributed by atoms with Crippen molar-refractivity contribution in [1.82, 2.24) is 19.4 Å². The van der Waals surface area contributed by atoms with Gasteiger partial charge < -0.3 is 9.47 Å². The Bertz CT molecular complexity index is 1390. The Labute approximate surface area is 211 Å². The van der Waals surface area contributed by atoms with E-state index in [4.69, 9.17) is 0 Å². The molecule has 3 heterocycles. The third-order valence-corrected chi connectivity index (χ3v) is 7.35. The zero-order valence-corrected chi connectivity index (χ0v) is 20.8. The Morgan fingerprint density at radius 2 is 1.89 bits per heavy atom. The van der Waals surface area contributed by atoms with E-state index in [2.05, 4.69) is 73.0 Å². The second-order valence-electron chi connectivity index (χ2n) is 10.2. The van der Waals surface area contributed by atoms with Crippen LogP contribution in [0.4, 0.5) is 10.2 Å². The van der Waals surface area contributed by atoms with Gasteiger partial charge in [0.05, 0.1) is 5.39 Å². The summed E-state index contributed by atoms with van der Waals surface area (Å²) in [5.74, 6) is 0.766. The van der Waals surface area contributed by atoms with E-state index in [-0.39, 0.29) is 5.82 Å². The maximum absolute atomic E-state index is 14.7. The molecule has 184 valence electrons. The number of benzene rings is 2. The summed E-state index contributed by atoms with van der Waals surface area (Å²) in [5.41, 5.74) is 5.41. The van der Waals surface area contributed by atoms with Gasteiger partial charge in [-0.05, 0) is 49.4 Å². The molecular weight excluding hydrogens is 449 g/mol. The van der Waals surface area contributed by atoms with E-state index in [9.17, 15) is 4.39 Å². The third kappa shape index (κ3) is 4.91. The second kappa shape index (κ2) is 9.86.